The van der Waals surface area contributed by atoms with Crippen LogP contribution in [0.5, 0.6) is 11.5 Å². The van der Waals surface area contributed by atoms with Gasteiger partial charge in [0.15, 0.2) is 18.1 Å². The second-order valence-electron chi connectivity index (χ2n) is 8.38. The third-order valence-corrected chi connectivity index (χ3v) is 5.84. The van der Waals surface area contributed by atoms with Gasteiger partial charge in [0.2, 0.25) is 0 Å². The Morgan fingerprint density at radius 1 is 1.09 bits per heavy atom. The Kier molecular flexibility index (Phi) is 6.82. The lowest BCUT2D eigenvalue weighted by molar-refractivity contribution is -0.130. The first-order valence-corrected chi connectivity index (χ1v) is 11.3. The minimum absolute atomic E-state index is 0.0736. The van der Waals surface area contributed by atoms with Crippen molar-refractivity contribution in [3.8, 4) is 11.5 Å². The third kappa shape index (κ3) is 4.73. The van der Waals surface area contributed by atoms with E-state index in [1.165, 1.54) is 4.90 Å². The molecular weight excluding hydrogens is 432 g/mol. The molecule has 0 atom stereocenters. The molecule has 1 aliphatic carbocycles. The van der Waals surface area contributed by atoms with Gasteiger partial charge in [-0.05, 0) is 67.2 Å². The Morgan fingerprint density at radius 2 is 1.88 bits per heavy atom. The third-order valence-electron chi connectivity index (χ3n) is 5.84. The Balaban J connectivity index is 1.74. The molecule has 0 spiro atoms. The molecular formula is C27H28N2O5. The first-order valence-electron chi connectivity index (χ1n) is 11.3. The number of carbonyl (C=O) groups is 2. The molecule has 1 aliphatic rings. The number of ether oxygens (including phenoxy) is 2. The summed E-state index contributed by atoms with van der Waals surface area (Å²) in [5, 5.41) is 10.6. The summed E-state index contributed by atoms with van der Waals surface area (Å²) < 4.78 is 11.5. The van der Waals surface area contributed by atoms with Gasteiger partial charge in [0, 0.05) is 19.5 Å². The van der Waals surface area contributed by atoms with Crippen molar-refractivity contribution in [1.29, 1.82) is 0 Å². The van der Waals surface area contributed by atoms with Crippen LogP contribution in [0, 0.1) is 0 Å². The maximum Gasteiger partial charge on any atom is 0.336 e. The van der Waals surface area contributed by atoms with Crippen LogP contribution >= 0.6 is 0 Å². The zero-order valence-corrected chi connectivity index (χ0v) is 19.6. The summed E-state index contributed by atoms with van der Waals surface area (Å²) in [6, 6.07) is 12.9. The van der Waals surface area contributed by atoms with Crippen LogP contribution in [0.4, 0.5) is 0 Å². The van der Waals surface area contributed by atoms with Gasteiger partial charge in [0.25, 0.3) is 5.91 Å². The van der Waals surface area contributed by atoms with Crippen LogP contribution in [-0.4, -0.2) is 54.2 Å². The fourth-order valence-corrected chi connectivity index (χ4v) is 4.19. The highest BCUT2D eigenvalue weighted by molar-refractivity contribution is 6.05. The molecule has 3 aromatic rings. The van der Waals surface area contributed by atoms with Crippen LogP contribution < -0.4 is 9.47 Å². The van der Waals surface area contributed by atoms with E-state index in [0.717, 1.165) is 35.2 Å². The predicted molar refractivity (Wildman–Crippen MR) is 131 cm³/mol. The number of aromatic nitrogens is 1. The topological polar surface area (TPSA) is 89.0 Å². The first-order chi connectivity index (χ1) is 16.4. The minimum Gasteiger partial charge on any atom is -0.490 e. The van der Waals surface area contributed by atoms with Crippen LogP contribution in [0.1, 0.15) is 46.9 Å². The molecule has 0 saturated heterocycles. The average molecular weight is 461 g/mol. The van der Waals surface area contributed by atoms with Crippen molar-refractivity contribution in [1.82, 2.24) is 9.88 Å². The standard InChI is InChI=1S/C27H28N2O5/c1-4-33-23-15-17(12-13-22(23)34-16-24(30)29(2)3)14-18-8-7-10-20-25(27(31)32)19-9-5-6-11-21(19)28-26(18)20/h5-6,9,11-15H,4,7-8,10,16H2,1-3H3,(H,31,32). The quantitative estimate of drug-likeness (QED) is 0.551. The number of carboxylic acids is 1. The molecule has 0 aliphatic heterocycles. The summed E-state index contributed by atoms with van der Waals surface area (Å²) in [7, 11) is 3.36. The molecule has 7 nitrogen and oxygen atoms in total. The van der Waals surface area contributed by atoms with E-state index in [0.29, 0.717) is 41.0 Å². The number of pyridine rings is 1. The highest BCUT2D eigenvalue weighted by Crippen LogP contribution is 2.37. The van der Waals surface area contributed by atoms with Crippen LogP contribution in [0.2, 0.25) is 0 Å². The summed E-state index contributed by atoms with van der Waals surface area (Å²) in [5.41, 5.74) is 4.44. The molecule has 1 N–H and O–H groups in total. The zero-order chi connectivity index (χ0) is 24.2. The maximum atomic E-state index is 12.2. The van der Waals surface area contributed by atoms with Gasteiger partial charge in [-0.2, -0.15) is 0 Å². The second-order valence-corrected chi connectivity index (χ2v) is 8.38. The highest BCUT2D eigenvalue weighted by atomic mass is 16.5. The summed E-state index contributed by atoms with van der Waals surface area (Å²) in [4.78, 5) is 30.4. The lowest BCUT2D eigenvalue weighted by atomic mass is 9.86. The Labute approximate surface area is 198 Å². The molecule has 0 saturated carbocycles. The van der Waals surface area contributed by atoms with Crippen molar-refractivity contribution in [2.45, 2.75) is 26.2 Å². The van der Waals surface area contributed by atoms with Gasteiger partial charge in [-0.15, -0.1) is 0 Å². The summed E-state index contributed by atoms with van der Waals surface area (Å²) in [6.45, 7) is 2.27. The minimum atomic E-state index is -0.927. The molecule has 0 bridgehead atoms. The lowest BCUT2D eigenvalue weighted by Gasteiger charge is -2.22. The van der Waals surface area contributed by atoms with Gasteiger partial charge in [0.1, 0.15) is 0 Å². The number of allylic oxidation sites excluding steroid dienone is 1. The molecule has 4 rings (SSSR count). The maximum absolute atomic E-state index is 12.2. The van der Waals surface area contributed by atoms with Gasteiger partial charge in [-0.25, -0.2) is 9.78 Å². The van der Waals surface area contributed by atoms with Crippen LogP contribution in [-0.2, 0) is 11.2 Å². The molecule has 0 radical (unpaired) electrons. The molecule has 0 fully saturated rings. The van der Waals surface area contributed by atoms with Gasteiger partial charge in [-0.3, -0.25) is 4.79 Å². The molecule has 34 heavy (non-hydrogen) atoms. The SMILES string of the molecule is CCOc1cc(C=C2CCCc3c2nc2ccccc2c3C(=O)O)ccc1OCC(=O)N(C)C. The van der Waals surface area contributed by atoms with E-state index < -0.39 is 5.97 Å². The van der Waals surface area contributed by atoms with Crippen molar-refractivity contribution in [2.24, 2.45) is 0 Å². The van der Waals surface area contributed by atoms with Gasteiger partial charge in [0.05, 0.1) is 23.4 Å². The largest absolute Gasteiger partial charge is 0.490 e. The number of amides is 1. The number of rotatable bonds is 7. The van der Waals surface area contributed by atoms with Crippen molar-refractivity contribution in [3.05, 3.63) is 64.8 Å². The van der Waals surface area contributed by atoms with E-state index >= 15 is 0 Å². The van der Waals surface area contributed by atoms with E-state index in [-0.39, 0.29) is 12.5 Å². The van der Waals surface area contributed by atoms with E-state index in [2.05, 4.69) is 0 Å². The highest BCUT2D eigenvalue weighted by Gasteiger charge is 2.25. The first kappa shape index (κ1) is 23.3. The predicted octanol–water partition coefficient (Wildman–Crippen LogP) is 4.68. The Morgan fingerprint density at radius 3 is 2.62 bits per heavy atom. The van der Waals surface area contributed by atoms with Gasteiger partial charge in [-0.1, -0.05) is 24.3 Å². The number of fused-ring (bicyclic) bond motifs is 2. The van der Waals surface area contributed by atoms with Crippen LogP contribution in [0.25, 0.3) is 22.6 Å². The molecule has 1 aromatic heterocycles. The number of nitrogens with zero attached hydrogens (tertiary/aromatic N) is 2. The van der Waals surface area contributed by atoms with E-state index in [1.807, 2.05) is 49.4 Å². The van der Waals surface area contributed by atoms with Crippen LogP contribution in [0.15, 0.2) is 42.5 Å². The zero-order valence-electron chi connectivity index (χ0n) is 19.6. The number of benzene rings is 2. The van der Waals surface area contributed by atoms with E-state index in [9.17, 15) is 14.7 Å². The number of hydrogen-bond acceptors (Lipinski definition) is 5. The normalized spacial score (nSPS) is 14.0. The monoisotopic (exact) mass is 460 g/mol. The second kappa shape index (κ2) is 9.95. The van der Waals surface area contributed by atoms with Crippen molar-refractivity contribution in [2.75, 3.05) is 27.3 Å². The smallest absolute Gasteiger partial charge is 0.336 e. The molecule has 7 heteroatoms. The number of aromatic carboxylic acids is 1. The van der Waals surface area contributed by atoms with E-state index in [1.54, 1.807) is 20.2 Å². The fourth-order valence-electron chi connectivity index (χ4n) is 4.19. The van der Waals surface area contributed by atoms with Crippen LogP contribution in [0.3, 0.4) is 0 Å². The van der Waals surface area contributed by atoms with Crippen molar-refractivity contribution >= 4 is 34.4 Å². The Hall–Kier alpha value is -3.87. The van der Waals surface area contributed by atoms with Crippen molar-refractivity contribution in [3.63, 3.8) is 0 Å². The summed E-state index contributed by atoms with van der Waals surface area (Å²) >= 11 is 0. The molecule has 176 valence electrons. The molecule has 2 aromatic carbocycles. The van der Waals surface area contributed by atoms with E-state index in [4.69, 9.17) is 14.5 Å². The number of hydrogen-bond donors (Lipinski definition) is 1. The number of carbonyl (C=O) groups excluding carboxylic acids is 1. The number of carboxylic acid groups (broad SMARTS) is 1. The average Bonchev–Trinajstić information content (AvgIpc) is 2.82. The molecule has 1 heterocycles. The lowest BCUT2D eigenvalue weighted by Crippen LogP contribution is -2.27. The van der Waals surface area contributed by atoms with Gasteiger partial charge >= 0.3 is 5.97 Å². The molecule has 1 amide bonds. The number of likely N-dealkylation sites (N-methyl/N-ethyl adjacent to an activating group) is 1. The number of para-hydroxylation sites is 1. The fraction of sp³-hybridized carbons (Fsp3) is 0.296. The van der Waals surface area contributed by atoms with Crippen molar-refractivity contribution < 1.29 is 24.2 Å². The summed E-state index contributed by atoms with van der Waals surface area (Å²) in [6.07, 6.45) is 4.37. The molecule has 0 unspecified atom stereocenters. The van der Waals surface area contributed by atoms with Gasteiger partial charge < -0.3 is 19.5 Å². The summed E-state index contributed by atoms with van der Waals surface area (Å²) in [5.74, 6) is -0.0128. The Bertz CT molecular complexity index is 1280.